The van der Waals surface area contributed by atoms with Gasteiger partial charge >= 0.3 is 5.97 Å². The molecule has 0 aromatic heterocycles. The number of ketones is 1. The Balaban J connectivity index is 1.38. The van der Waals surface area contributed by atoms with Gasteiger partial charge in [0.25, 0.3) is 0 Å². The maximum Gasteiger partial charge on any atom is 0.335 e. The summed E-state index contributed by atoms with van der Waals surface area (Å²) in [6.45, 7) is 0.179. The molecule has 8 heteroatoms. The van der Waals surface area contributed by atoms with E-state index in [1.165, 1.54) is 12.1 Å². The van der Waals surface area contributed by atoms with Crippen LogP contribution in [0.2, 0.25) is 10.0 Å². The van der Waals surface area contributed by atoms with E-state index in [0.717, 1.165) is 29.7 Å². The Morgan fingerprint density at radius 2 is 1.72 bits per heavy atom. The van der Waals surface area contributed by atoms with Crippen LogP contribution < -0.4 is 15.8 Å². The molecule has 2 aliphatic carbocycles. The number of carbonyl (C=O) groups excluding carboxylic acids is 1. The lowest BCUT2D eigenvalue weighted by atomic mass is 9.97. The molecule has 1 saturated carbocycles. The zero-order chi connectivity index (χ0) is 25.4. The number of carboxylic acids is 1. The van der Waals surface area contributed by atoms with Gasteiger partial charge < -0.3 is 20.9 Å². The van der Waals surface area contributed by atoms with Gasteiger partial charge in [-0.3, -0.25) is 4.79 Å². The van der Waals surface area contributed by atoms with E-state index in [-0.39, 0.29) is 18.0 Å². The molecule has 0 unspecified atom stereocenters. The summed E-state index contributed by atoms with van der Waals surface area (Å²) in [4.78, 5) is 24.6. The van der Waals surface area contributed by atoms with Crippen molar-refractivity contribution in [2.24, 2.45) is 11.7 Å². The number of aromatic carboxylic acids is 1. The predicted octanol–water partition coefficient (Wildman–Crippen LogP) is 6.09. The van der Waals surface area contributed by atoms with Crippen LogP contribution in [0.15, 0.2) is 66.0 Å². The van der Waals surface area contributed by atoms with Crippen LogP contribution in [0.1, 0.15) is 50.2 Å². The van der Waals surface area contributed by atoms with Crippen LogP contribution in [-0.4, -0.2) is 23.5 Å². The molecule has 0 spiro atoms. The summed E-state index contributed by atoms with van der Waals surface area (Å²) in [5.41, 5.74) is 11.2. The molecule has 0 amide bonds. The van der Waals surface area contributed by atoms with Crippen molar-refractivity contribution in [3.8, 4) is 5.75 Å². The molecule has 0 bridgehead atoms. The standard InChI is InChI=1S/C28H24Cl2N2O4/c29-22-2-1-3-23(30)26(22)32-24(25(31)16-6-7-16)14-36-19-10-11-20-17(12-19)8-4-15-5-9-18(28(34)35)13-21(15)27(20)33/h1-3,5,9-13,16,32H,4,6-8,14,31H2,(H,34,35)/b25-24-. The Morgan fingerprint density at radius 1 is 1.00 bits per heavy atom. The third-order valence-corrected chi connectivity index (χ3v) is 7.20. The molecule has 0 heterocycles. The Kier molecular flexibility index (Phi) is 6.65. The first-order valence-electron chi connectivity index (χ1n) is 11.7. The van der Waals surface area contributed by atoms with Gasteiger partial charge in [0.05, 0.1) is 27.0 Å². The second-order valence-corrected chi connectivity index (χ2v) is 9.86. The number of fused-ring (bicyclic) bond motifs is 2. The van der Waals surface area contributed by atoms with E-state index in [1.54, 1.807) is 36.4 Å². The van der Waals surface area contributed by atoms with Crippen LogP contribution in [-0.2, 0) is 12.8 Å². The number of hydrogen-bond donors (Lipinski definition) is 3. The number of carbonyl (C=O) groups is 2. The predicted molar refractivity (Wildman–Crippen MR) is 140 cm³/mol. The third kappa shape index (κ3) is 4.92. The van der Waals surface area contributed by atoms with Crippen LogP contribution in [0.5, 0.6) is 5.75 Å². The number of aryl methyl sites for hydroxylation is 2. The number of hydrogen-bond acceptors (Lipinski definition) is 5. The molecular weight excluding hydrogens is 499 g/mol. The van der Waals surface area contributed by atoms with Gasteiger partial charge in [-0.1, -0.05) is 35.3 Å². The van der Waals surface area contributed by atoms with Gasteiger partial charge in [0.2, 0.25) is 0 Å². The summed E-state index contributed by atoms with van der Waals surface area (Å²) < 4.78 is 6.11. The third-order valence-electron chi connectivity index (χ3n) is 6.57. The summed E-state index contributed by atoms with van der Waals surface area (Å²) in [6.07, 6.45) is 3.32. The van der Waals surface area contributed by atoms with Gasteiger partial charge in [0, 0.05) is 22.7 Å². The molecule has 0 radical (unpaired) electrons. The molecule has 0 atom stereocenters. The summed E-state index contributed by atoms with van der Waals surface area (Å²) >= 11 is 12.7. The topological polar surface area (TPSA) is 102 Å². The number of halogens is 2. The number of allylic oxidation sites excluding steroid dienone is 1. The molecule has 3 aromatic rings. The van der Waals surface area contributed by atoms with E-state index in [4.69, 9.17) is 33.7 Å². The number of rotatable bonds is 7. The van der Waals surface area contributed by atoms with Gasteiger partial charge in [0.1, 0.15) is 12.4 Å². The maximum absolute atomic E-state index is 13.2. The number of benzene rings is 3. The van der Waals surface area contributed by atoms with Gasteiger partial charge in [-0.25, -0.2) is 4.79 Å². The normalized spacial score (nSPS) is 15.3. The first kappa shape index (κ1) is 24.2. The van der Waals surface area contributed by atoms with Crippen molar-refractivity contribution < 1.29 is 19.4 Å². The number of nitrogens with one attached hydrogen (secondary N) is 1. The molecular formula is C28H24Cl2N2O4. The van der Waals surface area contributed by atoms with Crippen molar-refractivity contribution in [3.63, 3.8) is 0 Å². The second-order valence-electron chi connectivity index (χ2n) is 9.04. The van der Waals surface area contributed by atoms with Crippen LogP contribution in [0, 0.1) is 5.92 Å². The molecule has 184 valence electrons. The number of nitrogens with two attached hydrogens (primary N) is 1. The lowest BCUT2D eigenvalue weighted by Crippen LogP contribution is -2.18. The Labute approximate surface area is 218 Å². The number of anilines is 1. The number of ether oxygens (including phenoxy) is 1. The smallest absolute Gasteiger partial charge is 0.335 e. The van der Waals surface area contributed by atoms with Crippen molar-refractivity contribution in [2.75, 3.05) is 11.9 Å². The van der Waals surface area contributed by atoms with Crippen molar-refractivity contribution in [2.45, 2.75) is 25.7 Å². The molecule has 0 aliphatic heterocycles. The fourth-order valence-corrected chi connectivity index (χ4v) is 4.89. The zero-order valence-corrected chi connectivity index (χ0v) is 20.8. The van der Waals surface area contributed by atoms with Crippen LogP contribution >= 0.6 is 23.2 Å². The number of para-hydroxylation sites is 1. The maximum atomic E-state index is 13.2. The summed E-state index contributed by atoms with van der Waals surface area (Å²) in [5, 5.41) is 13.6. The number of carboxylic acid groups (broad SMARTS) is 1. The molecule has 3 aromatic carbocycles. The Bertz CT molecular complexity index is 1390. The molecule has 0 saturated heterocycles. The highest BCUT2D eigenvalue weighted by atomic mass is 35.5. The SMILES string of the molecule is N/C(=C(/COc1ccc2c(c1)CCc1ccc(C(=O)O)cc1C2=O)Nc1c(Cl)cccc1Cl)C1CC1. The first-order chi connectivity index (χ1) is 17.3. The average molecular weight is 523 g/mol. The zero-order valence-electron chi connectivity index (χ0n) is 19.3. The fraction of sp³-hybridized carbons (Fsp3) is 0.214. The van der Waals surface area contributed by atoms with E-state index in [0.29, 0.717) is 57.1 Å². The average Bonchev–Trinajstić information content (AvgIpc) is 3.72. The van der Waals surface area contributed by atoms with Gasteiger partial charge in [-0.05, 0) is 79.3 Å². The van der Waals surface area contributed by atoms with Crippen LogP contribution in [0.4, 0.5) is 5.69 Å². The van der Waals surface area contributed by atoms with E-state index in [9.17, 15) is 14.7 Å². The minimum atomic E-state index is -1.06. The largest absolute Gasteiger partial charge is 0.487 e. The van der Waals surface area contributed by atoms with Crippen LogP contribution in [0.3, 0.4) is 0 Å². The molecule has 6 nitrogen and oxygen atoms in total. The first-order valence-corrected chi connectivity index (χ1v) is 12.4. The molecule has 5 rings (SSSR count). The lowest BCUT2D eigenvalue weighted by molar-refractivity contribution is 0.0697. The van der Waals surface area contributed by atoms with E-state index < -0.39 is 5.97 Å². The van der Waals surface area contributed by atoms with E-state index in [1.807, 2.05) is 6.07 Å². The minimum absolute atomic E-state index is 0.101. The highest BCUT2D eigenvalue weighted by Gasteiger charge is 2.28. The van der Waals surface area contributed by atoms with Crippen LogP contribution in [0.25, 0.3) is 0 Å². The Hall–Kier alpha value is -3.48. The molecule has 1 fully saturated rings. The molecule has 4 N–H and O–H groups in total. The highest BCUT2D eigenvalue weighted by Crippen LogP contribution is 2.37. The van der Waals surface area contributed by atoms with Gasteiger partial charge in [0.15, 0.2) is 5.78 Å². The molecule has 36 heavy (non-hydrogen) atoms. The van der Waals surface area contributed by atoms with Crippen molar-refractivity contribution >= 4 is 40.6 Å². The van der Waals surface area contributed by atoms with Gasteiger partial charge in [-0.2, -0.15) is 0 Å². The second kappa shape index (κ2) is 9.88. The van der Waals surface area contributed by atoms with Gasteiger partial charge in [-0.15, -0.1) is 0 Å². The fourth-order valence-electron chi connectivity index (χ4n) is 4.40. The highest BCUT2D eigenvalue weighted by molar-refractivity contribution is 6.39. The minimum Gasteiger partial charge on any atom is -0.487 e. The monoisotopic (exact) mass is 522 g/mol. The quantitative estimate of drug-likeness (QED) is 0.346. The van der Waals surface area contributed by atoms with Crippen molar-refractivity contribution in [1.29, 1.82) is 0 Å². The Morgan fingerprint density at radius 3 is 2.42 bits per heavy atom. The van der Waals surface area contributed by atoms with Crippen molar-refractivity contribution in [3.05, 3.63) is 104 Å². The lowest BCUT2D eigenvalue weighted by Gasteiger charge is -2.18. The van der Waals surface area contributed by atoms with E-state index >= 15 is 0 Å². The summed E-state index contributed by atoms with van der Waals surface area (Å²) in [5.74, 6) is -0.330. The summed E-state index contributed by atoms with van der Waals surface area (Å²) in [7, 11) is 0. The summed E-state index contributed by atoms with van der Waals surface area (Å²) in [6, 6.07) is 15.4. The van der Waals surface area contributed by atoms with Crippen molar-refractivity contribution in [1.82, 2.24) is 0 Å². The molecule has 2 aliphatic rings. The van der Waals surface area contributed by atoms with E-state index in [2.05, 4.69) is 5.32 Å².